The van der Waals surface area contributed by atoms with Gasteiger partial charge in [-0.25, -0.2) is 4.98 Å². The fraction of sp³-hybridized carbons (Fsp3) is 0.500. The predicted octanol–water partition coefficient (Wildman–Crippen LogP) is 3.99. The molecule has 3 unspecified atom stereocenters. The van der Waals surface area contributed by atoms with Gasteiger partial charge in [-0.15, -0.1) is 0 Å². The minimum absolute atomic E-state index is 0.833. The Labute approximate surface area is 132 Å². The van der Waals surface area contributed by atoms with Crippen LogP contribution in [0.5, 0.6) is 0 Å². The summed E-state index contributed by atoms with van der Waals surface area (Å²) in [6, 6.07) is 8.40. The van der Waals surface area contributed by atoms with E-state index >= 15 is 0 Å². The van der Waals surface area contributed by atoms with Gasteiger partial charge in [-0.2, -0.15) is 5.10 Å². The van der Waals surface area contributed by atoms with Crippen molar-refractivity contribution in [2.75, 3.05) is 0 Å². The normalized spacial score (nSPS) is 28.1. The van der Waals surface area contributed by atoms with E-state index in [9.17, 15) is 0 Å². The lowest BCUT2D eigenvalue weighted by atomic mass is 9.89. The Bertz CT molecular complexity index is 604. The first-order chi connectivity index (χ1) is 9.78. The third-order valence-corrected chi connectivity index (χ3v) is 5.66. The molecule has 0 spiro atoms. The number of hydrogen-bond donors (Lipinski definition) is 0. The van der Waals surface area contributed by atoms with Gasteiger partial charge >= 0.3 is 0 Å². The Morgan fingerprint density at radius 3 is 2.70 bits per heavy atom. The van der Waals surface area contributed by atoms with Crippen LogP contribution in [0.1, 0.15) is 25.7 Å². The lowest BCUT2D eigenvalue weighted by Crippen LogP contribution is -2.17. The van der Waals surface area contributed by atoms with Crippen LogP contribution in [0, 0.1) is 21.3 Å². The van der Waals surface area contributed by atoms with Gasteiger partial charge in [0.1, 0.15) is 6.33 Å². The van der Waals surface area contributed by atoms with Crippen LogP contribution in [0.4, 0.5) is 0 Å². The smallest absolute Gasteiger partial charge is 0.181 e. The number of aromatic nitrogens is 3. The summed E-state index contributed by atoms with van der Waals surface area (Å²) in [7, 11) is 0. The lowest BCUT2D eigenvalue weighted by Gasteiger charge is -2.20. The van der Waals surface area contributed by atoms with Crippen LogP contribution in [0.25, 0.3) is 11.4 Å². The molecular weight excluding hydrogens is 361 g/mol. The summed E-state index contributed by atoms with van der Waals surface area (Å²) in [6.07, 6.45) is 7.67. The summed E-state index contributed by atoms with van der Waals surface area (Å²) in [6.45, 7) is 1.05. The third kappa shape index (κ3) is 2.38. The molecule has 1 aromatic carbocycles. The molecule has 2 aliphatic carbocycles. The van der Waals surface area contributed by atoms with Gasteiger partial charge < -0.3 is 0 Å². The van der Waals surface area contributed by atoms with Gasteiger partial charge in [0, 0.05) is 15.7 Å². The van der Waals surface area contributed by atoms with Crippen molar-refractivity contribution in [3.05, 3.63) is 34.2 Å². The quantitative estimate of drug-likeness (QED) is 0.756. The zero-order valence-corrected chi connectivity index (χ0v) is 13.5. The molecule has 20 heavy (non-hydrogen) atoms. The SMILES string of the molecule is Ic1ccc(-c2ncn(CC3CC4CCC3C4)n2)cc1. The first-order valence-corrected chi connectivity index (χ1v) is 8.51. The largest absolute Gasteiger partial charge is 0.252 e. The first-order valence-electron chi connectivity index (χ1n) is 7.43. The molecule has 2 aliphatic rings. The number of nitrogens with zero attached hydrogens (tertiary/aromatic N) is 3. The van der Waals surface area contributed by atoms with E-state index in [1.54, 1.807) is 0 Å². The van der Waals surface area contributed by atoms with Crippen molar-refractivity contribution >= 4 is 22.6 Å². The van der Waals surface area contributed by atoms with Crippen molar-refractivity contribution in [2.24, 2.45) is 17.8 Å². The fourth-order valence-electron chi connectivity index (χ4n) is 3.95. The van der Waals surface area contributed by atoms with Crippen LogP contribution in [0.15, 0.2) is 30.6 Å². The third-order valence-electron chi connectivity index (χ3n) is 4.95. The fourth-order valence-corrected chi connectivity index (χ4v) is 4.31. The number of benzene rings is 1. The molecule has 2 saturated carbocycles. The van der Waals surface area contributed by atoms with Gasteiger partial charge in [0.2, 0.25) is 0 Å². The maximum Gasteiger partial charge on any atom is 0.181 e. The average molecular weight is 379 g/mol. The van der Waals surface area contributed by atoms with Crippen LogP contribution in [0.3, 0.4) is 0 Å². The van der Waals surface area contributed by atoms with E-state index in [1.165, 1.54) is 29.3 Å². The van der Waals surface area contributed by atoms with E-state index in [1.807, 2.05) is 6.33 Å². The molecule has 4 heteroatoms. The van der Waals surface area contributed by atoms with Gasteiger partial charge in [0.05, 0.1) is 0 Å². The highest BCUT2D eigenvalue weighted by molar-refractivity contribution is 14.1. The Hall–Kier alpha value is -0.910. The summed E-state index contributed by atoms with van der Waals surface area (Å²) < 4.78 is 3.30. The second-order valence-corrected chi connectivity index (χ2v) is 7.48. The van der Waals surface area contributed by atoms with E-state index in [0.717, 1.165) is 35.7 Å². The van der Waals surface area contributed by atoms with Crippen LogP contribution in [-0.4, -0.2) is 14.8 Å². The van der Waals surface area contributed by atoms with Crippen molar-refractivity contribution in [1.82, 2.24) is 14.8 Å². The monoisotopic (exact) mass is 379 g/mol. The summed E-state index contributed by atoms with van der Waals surface area (Å²) in [5, 5.41) is 4.66. The molecule has 2 fully saturated rings. The summed E-state index contributed by atoms with van der Waals surface area (Å²) in [5.41, 5.74) is 1.11. The zero-order chi connectivity index (χ0) is 13.5. The summed E-state index contributed by atoms with van der Waals surface area (Å²) in [5.74, 6) is 3.64. The maximum absolute atomic E-state index is 4.66. The standard InChI is InChI=1S/C16H18IN3/c17-15-5-3-12(4-6-15)16-18-10-20(19-16)9-14-8-11-1-2-13(14)7-11/h3-6,10-11,13-14H,1-2,7-9H2. The van der Waals surface area contributed by atoms with Crippen molar-refractivity contribution in [3.8, 4) is 11.4 Å². The lowest BCUT2D eigenvalue weighted by molar-refractivity contribution is 0.285. The Kier molecular flexibility index (Phi) is 3.28. The van der Waals surface area contributed by atoms with E-state index in [4.69, 9.17) is 0 Å². The van der Waals surface area contributed by atoms with Crippen molar-refractivity contribution < 1.29 is 0 Å². The molecule has 2 bridgehead atoms. The second-order valence-electron chi connectivity index (χ2n) is 6.23. The van der Waals surface area contributed by atoms with E-state index in [0.29, 0.717) is 0 Å². The average Bonchev–Trinajstić information content (AvgIpc) is 3.16. The highest BCUT2D eigenvalue weighted by Gasteiger charge is 2.39. The van der Waals surface area contributed by atoms with Crippen LogP contribution in [0.2, 0.25) is 0 Å². The van der Waals surface area contributed by atoms with E-state index in [-0.39, 0.29) is 0 Å². The summed E-state index contributed by atoms with van der Waals surface area (Å²) >= 11 is 2.32. The predicted molar refractivity (Wildman–Crippen MR) is 87.1 cm³/mol. The number of fused-ring (bicyclic) bond motifs is 2. The Morgan fingerprint density at radius 2 is 2.00 bits per heavy atom. The second kappa shape index (κ2) is 5.13. The molecule has 104 valence electrons. The molecule has 4 rings (SSSR count). The molecule has 0 N–H and O–H groups in total. The molecule has 1 aromatic heterocycles. The van der Waals surface area contributed by atoms with Crippen molar-refractivity contribution in [2.45, 2.75) is 32.2 Å². The van der Waals surface area contributed by atoms with E-state index in [2.05, 4.69) is 61.6 Å². The maximum atomic E-state index is 4.66. The Balaban J connectivity index is 1.49. The van der Waals surface area contributed by atoms with Gasteiger partial charge in [-0.3, -0.25) is 4.68 Å². The topological polar surface area (TPSA) is 30.7 Å². The molecule has 0 amide bonds. The summed E-state index contributed by atoms with van der Waals surface area (Å²) in [4.78, 5) is 4.47. The number of hydrogen-bond acceptors (Lipinski definition) is 2. The molecule has 0 saturated heterocycles. The van der Waals surface area contributed by atoms with Crippen molar-refractivity contribution in [1.29, 1.82) is 0 Å². The molecule has 0 radical (unpaired) electrons. The molecule has 3 nitrogen and oxygen atoms in total. The van der Waals surface area contributed by atoms with Crippen LogP contribution < -0.4 is 0 Å². The first kappa shape index (κ1) is 12.8. The van der Waals surface area contributed by atoms with Gasteiger partial charge in [0.25, 0.3) is 0 Å². The number of halogens is 1. The van der Waals surface area contributed by atoms with Gasteiger partial charge in [0.15, 0.2) is 5.82 Å². The highest BCUT2D eigenvalue weighted by Crippen LogP contribution is 2.48. The molecule has 0 aliphatic heterocycles. The Morgan fingerprint density at radius 1 is 1.15 bits per heavy atom. The van der Waals surface area contributed by atoms with Crippen LogP contribution in [-0.2, 0) is 6.54 Å². The molecule has 2 aromatic rings. The van der Waals surface area contributed by atoms with E-state index < -0.39 is 0 Å². The van der Waals surface area contributed by atoms with Gasteiger partial charge in [-0.05, 0) is 71.7 Å². The minimum atomic E-state index is 0.833. The number of rotatable bonds is 3. The van der Waals surface area contributed by atoms with Crippen molar-refractivity contribution in [3.63, 3.8) is 0 Å². The van der Waals surface area contributed by atoms with Crippen LogP contribution >= 0.6 is 22.6 Å². The molecule has 1 heterocycles. The molecule has 3 atom stereocenters. The highest BCUT2D eigenvalue weighted by atomic mass is 127. The zero-order valence-electron chi connectivity index (χ0n) is 11.4. The molecular formula is C16H18IN3. The minimum Gasteiger partial charge on any atom is -0.252 e. The van der Waals surface area contributed by atoms with Gasteiger partial charge in [-0.1, -0.05) is 18.6 Å².